The third-order valence-electron chi connectivity index (χ3n) is 4.39. The molecule has 1 aliphatic heterocycles. The van der Waals surface area contributed by atoms with Gasteiger partial charge in [0, 0.05) is 25.2 Å². The topological polar surface area (TPSA) is 128 Å². The number of nitrogens with one attached hydrogen (secondary N) is 1. The molecule has 0 aromatic heterocycles. The van der Waals surface area contributed by atoms with Crippen LogP contribution in [-0.4, -0.2) is 50.8 Å². The normalized spacial score (nSPS) is 15.8. The number of benzene rings is 1. The Balaban J connectivity index is 1.71. The molecule has 1 aromatic rings. The van der Waals surface area contributed by atoms with Crippen LogP contribution in [0.5, 0.6) is 0 Å². The first-order valence-electron chi connectivity index (χ1n) is 9.45. The maximum Gasteiger partial charge on any atom is 0.410 e. The molecule has 0 spiro atoms. The zero-order chi connectivity index (χ0) is 21.7. The Morgan fingerprint density at radius 2 is 1.76 bits per heavy atom. The van der Waals surface area contributed by atoms with Crippen molar-refractivity contribution in [2.24, 2.45) is 5.92 Å². The number of rotatable bonds is 6. The van der Waals surface area contributed by atoms with Crippen molar-refractivity contribution in [1.29, 1.82) is 0 Å². The fourth-order valence-electron chi connectivity index (χ4n) is 2.86. The lowest BCUT2D eigenvalue weighted by Gasteiger charge is -2.33. The van der Waals surface area contributed by atoms with E-state index < -0.39 is 28.3 Å². The van der Waals surface area contributed by atoms with Gasteiger partial charge in [0.15, 0.2) is 6.73 Å². The summed E-state index contributed by atoms with van der Waals surface area (Å²) >= 11 is 0. The van der Waals surface area contributed by atoms with Gasteiger partial charge >= 0.3 is 12.1 Å². The number of sulfonamides is 1. The van der Waals surface area contributed by atoms with Gasteiger partial charge in [0.1, 0.15) is 5.60 Å². The van der Waals surface area contributed by atoms with Crippen molar-refractivity contribution in [2.75, 3.05) is 25.6 Å². The lowest BCUT2D eigenvalue weighted by atomic mass is 9.94. The molecule has 9 nitrogen and oxygen atoms in total. The average molecular weight is 428 g/mol. The zero-order valence-corrected chi connectivity index (χ0v) is 17.8. The number of likely N-dealkylation sites (tertiary alicyclic amines) is 1. The van der Waals surface area contributed by atoms with E-state index in [1.165, 1.54) is 24.3 Å². The van der Waals surface area contributed by atoms with Gasteiger partial charge in [-0.05, 0) is 63.8 Å². The van der Waals surface area contributed by atoms with Crippen LogP contribution in [0.1, 0.15) is 40.0 Å². The van der Waals surface area contributed by atoms with Crippen molar-refractivity contribution in [3.8, 4) is 0 Å². The van der Waals surface area contributed by atoms with E-state index in [0.717, 1.165) is 0 Å². The van der Waals surface area contributed by atoms with E-state index >= 15 is 0 Å². The molecule has 1 saturated heterocycles. The zero-order valence-electron chi connectivity index (χ0n) is 17.0. The highest BCUT2D eigenvalue weighted by molar-refractivity contribution is 7.89. The Morgan fingerprint density at radius 1 is 1.17 bits per heavy atom. The van der Waals surface area contributed by atoms with E-state index in [1.54, 1.807) is 4.90 Å². The maximum atomic E-state index is 12.1. The molecule has 1 aliphatic rings. The van der Waals surface area contributed by atoms with E-state index in [9.17, 15) is 18.0 Å². The van der Waals surface area contributed by atoms with E-state index in [0.29, 0.717) is 31.6 Å². The second kappa shape index (κ2) is 9.45. The monoisotopic (exact) mass is 427 g/mol. The Bertz CT molecular complexity index is 809. The van der Waals surface area contributed by atoms with Gasteiger partial charge < -0.3 is 20.1 Å². The Kier molecular flexibility index (Phi) is 7.48. The molecule has 0 saturated carbocycles. The molecule has 0 bridgehead atoms. The van der Waals surface area contributed by atoms with Gasteiger partial charge in [0.25, 0.3) is 0 Å². The molecule has 0 unspecified atom stereocenters. The summed E-state index contributed by atoms with van der Waals surface area (Å²) in [5, 5.41) is 0. The van der Waals surface area contributed by atoms with Gasteiger partial charge in [-0.3, -0.25) is 4.79 Å². The molecule has 1 fully saturated rings. The third-order valence-corrected chi connectivity index (χ3v) is 5.78. The lowest BCUT2D eigenvalue weighted by Crippen LogP contribution is -2.42. The number of esters is 1. The Morgan fingerprint density at radius 3 is 2.31 bits per heavy atom. The van der Waals surface area contributed by atoms with Crippen molar-refractivity contribution in [3.63, 3.8) is 0 Å². The fraction of sp³-hybridized carbons (Fsp3) is 0.579. The number of nitrogens with zero attached hydrogens (tertiary/aromatic N) is 1. The number of nitrogens with two attached hydrogens (primary N) is 1. The number of carbonyl (C=O) groups excluding carboxylic acids is 2. The van der Waals surface area contributed by atoms with E-state index in [4.69, 9.17) is 15.2 Å². The first-order chi connectivity index (χ1) is 13.5. The van der Waals surface area contributed by atoms with Crippen LogP contribution in [0.3, 0.4) is 0 Å². The molecular formula is C19H29N3O6S. The average Bonchev–Trinajstić information content (AvgIpc) is 2.61. The molecule has 1 heterocycles. The molecule has 0 atom stereocenters. The molecule has 1 amide bonds. The van der Waals surface area contributed by atoms with Gasteiger partial charge in [-0.1, -0.05) is 0 Å². The highest BCUT2D eigenvalue weighted by atomic mass is 32.2. The van der Waals surface area contributed by atoms with Crippen molar-refractivity contribution >= 4 is 27.8 Å². The number of ether oxygens (including phenoxy) is 2. The second-order valence-electron chi connectivity index (χ2n) is 7.99. The molecule has 2 rings (SSSR count). The molecule has 162 valence electrons. The molecule has 29 heavy (non-hydrogen) atoms. The fourth-order valence-corrected chi connectivity index (χ4v) is 3.73. The lowest BCUT2D eigenvalue weighted by molar-refractivity contribution is -0.145. The van der Waals surface area contributed by atoms with Crippen molar-refractivity contribution in [2.45, 2.75) is 50.5 Å². The quantitative estimate of drug-likeness (QED) is 0.404. The SMILES string of the molecule is CC(C)(C)OC(=O)N1CCC(CC(=O)OCNS(=O)(=O)c2ccc(N)cc2)CC1. The third kappa shape index (κ3) is 7.54. The summed E-state index contributed by atoms with van der Waals surface area (Å²) in [4.78, 5) is 25.7. The summed E-state index contributed by atoms with van der Waals surface area (Å²) in [5.41, 5.74) is 5.45. The van der Waals surface area contributed by atoms with Crippen LogP contribution in [0.4, 0.5) is 10.5 Å². The molecular weight excluding hydrogens is 398 g/mol. The highest BCUT2D eigenvalue weighted by Crippen LogP contribution is 2.22. The van der Waals surface area contributed by atoms with E-state index in [1.807, 2.05) is 20.8 Å². The maximum absolute atomic E-state index is 12.1. The standard InChI is InChI=1S/C19H29N3O6S/c1-19(2,3)28-18(24)22-10-8-14(9-11-22)12-17(23)27-13-21-29(25,26)16-6-4-15(20)5-7-16/h4-7,14,21H,8-13,20H2,1-3H3. The molecule has 10 heteroatoms. The van der Waals surface area contributed by atoms with Crippen LogP contribution in [0.15, 0.2) is 29.2 Å². The number of hydrogen-bond donors (Lipinski definition) is 2. The number of nitrogen functional groups attached to an aromatic ring is 1. The van der Waals surface area contributed by atoms with Crippen LogP contribution >= 0.6 is 0 Å². The second-order valence-corrected chi connectivity index (χ2v) is 9.76. The smallest absolute Gasteiger partial charge is 0.410 e. The summed E-state index contributed by atoms with van der Waals surface area (Å²) in [6.45, 7) is 6.02. The van der Waals surface area contributed by atoms with Gasteiger partial charge in [-0.2, -0.15) is 4.72 Å². The van der Waals surface area contributed by atoms with Crippen LogP contribution in [0, 0.1) is 5.92 Å². The minimum atomic E-state index is -3.78. The first kappa shape index (κ1) is 23.0. The summed E-state index contributed by atoms with van der Waals surface area (Å²) in [5.74, 6) is -0.407. The van der Waals surface area contributed by atoms with Gasteiger partial charge in [-0.15, -0.1) is 0 Å². The minimum absolute atomic E-state index is 0.0391. The molecule has 1 aromatic carbocycles. The first-order valence-corrected chi connectivity index (χ1v) is 10.9. The number of carbonyl (C=O) groups is 2. The van der Waals surface area contributed by atoms with E-state index in [2.05, 4.69) is 4.72 Å². The minimum Gasteiger partial charge on any atom is -0.449 e. The Labute approximate surface area is 171 Å². The number of amides is 1. The summed E-state index contributed by atoms with van der Waals surface area (Å²) < 4.78 is 36.8. The van der Waals surface area contributed by atoms with Crippen LogP contribution in [-0.2, 0) is 24.3 Å². The predicted molar refractivity (Wildman–Crippen MR) is 107 cm³/mol. The number of hydrogen-bond acceptors (Lipinski definition) is 7. The molecule has 3 N–H and O–H groups in total. The summed E-state index contributed by atoms with van der Waals surface area (Å²) in [6, 6.07) is 5.70. The van der Waals surface area contributed by atoms with Crippen LogP contribution in [0.25, 0.3) is 0 Å². The molecule has 0 radical (unpaired) electrons. The number of piperidine rings is 1. The van der Waals surface area contributed by atoms with Crippen LogP contribution < -0.4 is 10.5 Å². The van der Waals surface area contributed by atoms with Gasteiger partial charge in [0.2, 0.25) is 10.0 Å². The van der Waals surface area contributed by atoms with Gasteiger partial charge in [0.05, 0.1) is 4.90 Å². The summed E-state index contributed by atoms with van der Waals surface area (Å²) in [6.07, 6.45) is 1.14. The Hall–Kier alpha value is -2.33. The predicted octanol–water partition coefficient (Wildman–Crippen LogP) is 2.08. The van der Waals surface area contributed by atoms with Crippen molar-refractivity contribution < 1.29 is 27.5 Å². The summed E-state index contributed by atoms with van der Waals surface area (Å²) in [7, 11) is -3.78. The van der Waals surface area contributed by atoms with Crippen molar-refractivity contribution in [1.82, 2.24) is 9.62 Å². The number of anilines is 1. The van der Waals surface area contributed by atoms with E-state index in [-0.39, 0.29) is 23.3 Å². The van der Waals surface area contributed by atoms with Crippen molar-refractivity contribution in [3.05, 3.63) is 24.3 Å². The highest BCUT2D eigenvalue weighted by Gasteiger charge is 2.28. The van der Waals surface area contributed by atoms with Gasteiger partial charge in [-0.25, -0.2) is 13.2 Å². The molecule has 0 aliphatic carbocycles. The van der Waals surface area contributed by atoms with Crippen LogP contribution in [0.2, 0.25) is 0 Å². The largest absolute Gasteiger partial charge is 0.449 e.